The van der Waals surface area contributed by atoms with Gasteiger partial charge in [-0.1, -0.05) is 31.5 Å². The number of ether oxygens (including phenoxy) is 1. The number of rotatable bonds is 9. The summed E-state index contributed by atoms with van der Waals surface area (Å²) in [6.07, 6.45) is 0.423. The lowest BCUT2D eigenvalue weighted by atomic mass is 9.92. The van der Waals surface area contributed by atoms with Gasteiger partial charge < -0.3 is 4.74 Å². The van der Waals surface area contributed by atoms with Crippen molar-refractivity contribution in [3.63, 3.8) is 0 Å². The molecule has 0 bridgehead atoms. The predicted molar refractivity (Wildman–Crippen MR) is 91.0 cm³/mol. The van der Waals surface area contributed by atoms with Gasteiger partial charge in [0, 0.05) is 12.5 Å². The van der Waals surface area contributed by atoms with Crippen molar-refractivity contribution >= 4 is 21.8 Å². The second kappa shape index (κ2) is 8.94. The Bertz CT molecular complexity index is 667. The molecule has 24 heavy (non-hydrogen) atoms. The van der Waals surface area contributed by atoms with Gasteiger partial charge in [0.05, 0.1) is 11.5 Å². The summed E-state index contributed by atoms with van der Waals surface area (Å²) in [5.74, 6) is -2.17. The van der Waals surface area contributed by atoms with Gasteiger partial charge in [-0.15, -0.1) is 0 Å². The Morgan fingerprint density at radius 2 is 1.71 bits per heavy atom. The number of ketones is 1. The summed E-state index contributed by atoms with van der Waals surface area (Å²) in [6, 6.07) is 5.52. The van der Waals surface area contributed by atoms with Crippen LogP contribution in [0.25, 0.3) is 0 Å². The zero-order valence-corrected chi connectivity index (χ0v) is 15.4. The Labute approximate surface area is 143 Å². The van der Waals surface area contributed by atoms with Gasteiger partial charge in [-0.05, 0) is 32.4 Å². The number of sulfonamides is 1. The van der Waals surface area contributed by atoms with Crippen LogP contribution in [0.1, 0.15) is 39.2 Å². The van der Waals surface area contributed by atoms with Crippen LogP contribution < -0.4 is 4.72 Å². The molecule has 0 amide bonds. The van der Waals surface area contributed by atoms with E-state index in [1.165, 1.54) is 12.1 Å². The molecule has 2 unspecified atom stereocenters. The predicted octanol–water partition coefficient (Wildman–Crippen LogP) is 2.21. The highest BCUT2D eigenvalue weighted by Gasteiger charge is 2.36. The summed E-state index contributed by atoms with van der Waals surface area (Å²) in [5, 5.41) is 0. The van der Waals surface area contributed by atoms with Gasteiger partial charge >= 0.3 is 5.97 Å². The molecule has 7 heteroatoms. The molecule has 1 rings (SSSR count). The lowest BCUT2D eigenvalue weighted by Crippen LogP contribution is -2.46. The Balaban J connectivity index is 3.10. The fraction of sp³-hybridized carbons (Fsp3) is 0.529. The van der Waals surface area contributed by atoms with E-state index < -0.39 is 28.0 Å². The van der Waals surface area contributed by atoms with Gasteiger partial charge in [0.25, 0.3) is 0 Å². The first-order chi connectivity index (χ1) is 11.3. The SMILES string of the molecule is CCOC(=O)C(C(=O)CC)C(CC)NS(=O)(=O)c1ccc(C)cc1. The Kier molecular flexibility index (Phi) is 7.57. The molecule has 1 aromatic rings. The van der Waals surface area contributed by atoms with Crippen LogP contribution in [-0.2, 0) is 24.3 Å². The zero-order valence-electron chi connectivity index (χ0n) is 14.5. The topological polar surface area (TPSA) is 89.5 Å². The smallest absolute Gasteiger partial charge is 0.318 e. The van der Waals surface area contributed by atoms with E-state index in [0.29, 0.717) is 6.42 Å². The molecular formula is C17H25NO5S. The van der Waals surface area contributed by atoms with Gasteiger partial charge in [-0.25, -0.2) is 13.1 Å². The van der Waals surface area contributed by atoms with E-state index in [1.807, 2.05) is 6.92 Å². The third-order valence-electron chi connectivity index (χ3n) is 3.72. The van der Waals surface area contributed by atoms with E-state index in [4.69, 9.17) is 4.74 Å². The molecule has 0 aliphatic carbocycles. The number of hydrogen-bond donors (Lipinski definition) is 1. The van der Waals surface area contributed by atoms with E-state index in [2.05, 4.69) is 4.72 Å². The summed E-state index contributed by atoms with van der Waals surface area (Å²) in [4.78, 5) is 24.4. The summed E-state index contributed by atoms with van der Waals surface area (Å²) >= 11 is 0. The molecule has 2 atom stereocenters. The highest BCUT2D eigenvalue weighted by atomic mass is 32.2. The highest BCUT2D eigenvalue weighted by molar-refractivity contribution is 7.89. The molecule has 0 aliphatic rings. The largest absolute Gasteiger partial charge is 0.465 e. The van der Waals surface area contributed by atoms with Crippen LogP contribution in [0.3, 0.4) is 0 Å². The molecule has 134 valence electrons. The number of Topliss-reactive ketones (excluding diaryl/α,β-unsaturated/α-hetero) is 1. The second-order valence-electron chi connectivity index (χ2n) is 5.50. The molecule has 6 nitrogen and oxygen atoms in total. The molecule has 0 saturated heterocycles. The fourth-order valence-electron chi connectivity index (χ4n) is 2.34. The van der Waals surface area contributed by atoms with Crippen LogP contribution in [0.2, 0.25) is 0 Å². The first kappa shape index (κ1) is 20.3. The Morgan fingerprint density at radius 3 is 2.17 bits per heavy atom. The summed E-state index contributed by atoms with van der Waals surface area (Å²) in [5.41, 5.74) is 0.937. The van der Waals surface area contributed by atoms with Gasteiger partial charge in [0.2, 0.25) is 10.0 Å². The molecule has 1 N–H and O–H groups in total. The third kappa shape index (κ3) is 5.14. The molecule has 0 heterocycles. The first-order valence-electron chi connectivity index (χ1n) is 8.05. The van der Waals surface area contributed by atoms with Crippen LogP contribution >= 0.6 is 0 Å². The zero-order chi connectivity index (χ0) is 18.3. The molecule has 0 saturated carbocycles. The molecule has 0 radical (unpaired) electrons. The maximum atomic E-state index is 12.5. The third-order valence-corrected chi connectivity index (χ3v) is 5.22. The number of nitrogens with one attached hydrogen (secondary N) is 1. The van der Waals surface area contributed by atoms with Crippen LogP contribution in [0.4, 0.5) is 0 Å². The highest BCUT2D eigenvalue weighted by Crippen LogP contribution is 2.18. The molecule has 1 aromatic carbocycles. The van der Waals surface area contributed by atoms with Crippen molar-refractivity contribution in [1.29, 1.82) is 0 Å². The molecule has 0 aliphatic heterocycles. The Morgan fingerprint density at radius 1 is 1.12 bits per heavy atom. The van der Waals surface area contributed by atoms with Crippen molar-refractivity contribution in [1.82, 2.24) is 4.72 Å². The van der Waals surface area contributed by atoms with Gasteiger partial charge in [0.15, 0.2) is 0 Å². The van der Waals surface area contributed by atoms with Crippen LogP contribution in [0.15, 0.2) is 29.2 Å². The van der Waals surface area contributed by atoms with Gasteiger partial charge in [0.1, 0.15) is 11.7 Å². The normalized spacial score (nSPS) is 14.0. The summed E-state index contributed by atoms with van der Waals surface area (Å²) < 4.78 is 32.5. The van der Waals surface area contributed by atoms with E-state index in [9.17, 15) is 18.0 Å². The minimum absolute atomic E-state index is 0.0955. The quantitative estimate of drug-likeness (QED) is 0.542. The number of aryl methyl sites for hydroxylation is 1. The van der Waals surface area contributed by atoms with E-state index in [-0.39, 0.29) is 23.7 Å². The fourth-order valence-corrected chi connectivity index (χ4v) is 3.68. The van der Waals surface area contributed by atoms with Crippen molar-refractivity contribution in [2.45, 2.75) is 51.5 Å². The number of benzene rings is 1. The van der Waals surface area contributed by atoms with Crippen LogP contribution in [0.5, 0.6) is 0 Å². The van der Waals surface area contributed by atoms with Crippen molar-refractivity contribution < 1.29 is 22.7 Å². The maximum Gasteiger partial charge on any atom is 0.318 e. The van der Waals surface area contributed by atoms with Crippen molar-refractivity contribution in [2.24, 2.45) is 5.92 Å². The number of hydrogen-bond acceptors (Lipinski definition) is 5. The van der Waals surface area contributed by atoms with Crippen molar-refractivity contribution in [2.75, 3.05) is 6.61 Å². The van der Waals surface area contributed by atoms with Crippen LogP contribution in [-0.4, -0.2) is 32.8 Å². The number of carbonyl (C=O) groups excluding carboxylic acids is 2. The molecule has 0 aromatic heterocycles. The lowest BCUT2D eigenvalue weighted by Gasteiger charge is -2.24. The van der Waals surface area contributed by atoms with E-state index in [0.717, 1.165) is 5.56 Å². The standard InChI is InChI=1S/C17H25NO5S/c1-5-14(16(15(19)6-2)17(20)23-7-3)18-24(21,22)13-10-8-12(4)9-11-13/h8-11,14,16,18H,5-7H2,1-4H3. The minimum atomic E-state index is -3.83. The number of esters is 1. The molecular weight excluding hydrogens is 330 g/mol. The monoisotopic (exact) mass is 355 g/mol. The summed E-state index contributed by atoms with van der Waals surface area (Å²) in [6.45, 7) is 6.99. The van der Waals surface area contributed by atoms with Gasteiger partial charge in [-0.3, -0.25) is 9.59 Å². The lowest BCUT2D eigenvalue weighted by molar-refractivity contribution is -0.152. The van der Waals surface area contributed by atoms with Crippen LogP contribution in [0, 0.1) is 12.8 Å². The average molecular weight is 355 g/mol. The summed E-state index contributed by atoms with van der Waals surface area (Å²) in [7, 11) is -3.83. The van der Waals surface area contributed by atoms with Crippen molar-refractivity contribution in [3.05, 3.63) is 29.8 Å². The van der Waals surface area contributed by atoms with E-state index >= 15 is 0 Å². The Hall–Kier alpha value is -1.73. The molecule has 0 fully saturated rings. The maximum absolute atomic E-state index is 12.5. The van der Waals surface area contributed by atoms with Crippen molar-refractivity contribution in [3.8, 4) is 0 Å². The number of carbonyl (C=O) groups is 2. The molecule has 0 spiro atoms. The van der Waals surface area contributed by atoms with E-state index in [1.54, 1.807) is 32.9 Å². The minimum Gasteiger partial charge on any atom is -0.465 e. The van der Waals surface area contributed by atoms with Gasteiger partial charge in [-0.2, -0.15) is 0 Å². The first-order valence-corrected chi connectivity index (χ1v) is 9.53. The second-order valence-corrected chi connectivity index (χ2v) is 7.21. The average Bonchev–Trinajstić information content (AvgIpc) is 2.54.